The minimum absolute atomic E-state index is 0.219. The van der Waals surface area contributed by atoms with E-state index >= 15 is 0 Å². The monoisotopic (exact) mass is 196 g/mol. The molecule has 0 aliphatic heterocycles. The highest BCUT2D eigenvalue weighted by atomic mass is 16.6. The number of hydrogen-bond donors (Lipinski definition) is 0. The van der Waals surface area contributed by atoms with E-state index in [1.165, 1.54) is 18.9 Å². The molecule has 0 bridgehead atoms. The van der Waals surface area contributed by atoms with Crippen molar-refractivity contribution in [2.75, 3.05) is 0 Å². The molecule has 0 aromatic rings. The Morgan fingerprint density at radius 1 is 1.64 bits per heavy atom. The van der Waals surface area contributed by atoms with E-state index in [1.54, 1.807) is 0 Å². The zero-order valence-corrected chi connectivity index (χ0v) is 9.21. The van der Waals surface area contributed by atoms with Gasteiger partial charge >= 0.3 is 5.97 Å². The average molecular weight is 196 g/mol. The normalized spacial score (nSPS) is 32.3. The fourth-order valence-electron chi connectivity index (χ4n) is 2.38. The number of hydrogen-bond acceptors (Lipinski definition) is 2. The minimum atomic E-state index is -0.277. The van der Waals surface area contributed by atoms with Crippen LogP contribution in [0.2, 0.25) is 0 Å². The van der Waals surface area contributed by atoms with Gasteiger partial charge in [0.1, 0.15) is 5.60 Å². The molecule has 0 aromatic carbocycles. The van der Waals surface area contributed by atoms with E-state index in [-0.39, 0.29) is 11.6 Å². The van der Waals surface area contributed by atoms with Crippen molar-refractivity contribution in [3.8, 4) is 0 Å². The molecule has 0 spiro atoms. The zero-order valence-electron chi connectivity index (χ0n) is 9.21. The third-order valence-corrected chi connectivity index (χ3v) is 3.45. The first-order valence-corrected chi connectivity index (χ1v) is 5.50. The molecule has 1 rings (SSSR count). The van der Waals surface area contributed by atoms with Gasteiger partial charge in [-0.25, -0.2) is 4.79 Å². The predicted molar refractivity (Wildman–Crippen MR) is 56.9 cm³/mol. The zero-order chi connectivity index (χ0) is 10.6. The van der Waals surface area contributed by atoms with Gasteiger partial charge in [0, 0.05) is 6.08 Å². The van der Waals surface area contributed by atoms with Gasteiger partial charge in [-0.15, -0.1) is 0 Å². The van der Waals surface area contributed by atoms with E-state index in [0.717, 1.165) is 19.3 Å². The number of rotatable bonds is 3. The third kappa shape index (κ3) is 2.17. The summed E-state index contributed by atoms with van der Waals surface area (Å²) in [4.78, 5) is 11.2. The summed E-state index contributed by atoms with van der Waals surface area (Å²) in [6.45, 7) is 7.72. The minimum Gasteiger partial charge on any atom is -0.456 e. The summed E-state index contributed by atoms with van der Waals surface area (Å²) in [6.07, 6.45) is 6.77. The van der Waals surface area contributed by atoms with Crippen LogP contribution in [0.15, 0.2) is 12.7 Å². The molecule has 0 N–H and O–H groups in total. The first kappa shape index (κ1) is 11.3. The fraction of sp³-hybridized carbons (Fsp3) is 0.750. The quantitative estimate of drug-likeness (QED) is 0.512. The molecule has 80 valence electrons. The molecule has 0 amide bonds. The van der Waals surface area contributed by atoms with Crippen LogP contribution in [0.1, 0.15) is 46.0 Å². The summed E-state index contributed by atoms with van der Waals surface area (Å²) in [7, 11) is 0. The largest absolute Gasteiger partial charge is 0.456 e. The van der Waals surface area contributed by atoms with E-state index in [0.29, 0.717) is 5.92 Å². The summed E-state index contributed by atoms with van der Waals surface area (Å²) < 4.78 is 5.53. The Labute approximate surface area is 86.3 Å². The van der Waals surface area contributed by atoms with Gasteiger partial charge in [-0.2, -0.15) is 0 Å². The average Bonchev–Trinajstić information content (AvgIpc) is 2.21. The topological polar surface area (TPSA) is 26.3 Å². The van der Waals surface area contributed by atoms with Crippen molar-refractivity contribution in [3.63, 3.8) is 0 Å². The molecule has 14 heavy (non-hydrogen) atoms. The Kier molecular flexibility index (Phi) is 3.73. The van der Waals surface area contributed by atoms with E-state index in [9.17, 15) is 4.79 Å². The maximum Gasteiger partial charge on any atom is 0.330 e. The summed E-state index contributed by atoms with van der Waals surface area (Å²) in [5, 5.41) is 0. The van der Waals surface area contributed by atoms with Crippen LogP contribution in [-0.2, 0) is 9.53 Å². The van der Waals surface area contributed by atoms with Crippen molar-refractivity contribution in [3.05, 3.63) is 12.7 Å². The maximum atomic E-state index is 11.2. The summed E-state index contributed by atoms with van der Waals surface area (Å²) in [5.74, 6) is 0.200. The predicted octanol–water partition coefficient (Wildman–Crippen LogP) is 3.07. The number of carbonyl (C=O) groups is 1. The van der Waals surface area contributed by atoms with Gasteiger partial charge in [0.05, 0.1) is 0 Å². The summed E-state index contributed by atoms with van der Waals surface area (Å²) in [5.41, 5.74) is -0.219. The Morgan fingerprint density at radius 3 is 2.86 bits per heavy atom. The van der Waals surface area contributed by atoms with Crippen LogP contribution in [0.4, 0.5) is 0 Å². The SMILES string of the molecule is C=CC(=O)OC1(CC)CCCCC1C. The summed E-state index contributed by atoms with van der Waals surface area (Å²) >= 11 is 0. The molecule has 1 saturated carbocycles. The van der Waals surface area contributed by atoms with Crippen LogP contribution in [0.3, 0.4) is 0 Å². The number of esters is 1. The summed E-state index contributed by atoms with van der Waals surface area (Å²) in [6, 6.07) is 0. The second kappa shape index (κ2) is 4.63. The van der Waals surface area contributed by atoms with Gasteiger partial charge in [-0.05, 0) is 31.6 Å². The lowest BCUT2D eigenvalue weighted by atomic mass is 9.74. The van der Waals surface area contributed by atoms with Crippen molar-refractivity contribution in [2.24, 2.45) is 5.92 Å². The molecule has 0 saturated heterocycles. The van der Waals surface area contributed by atoms with Gasteiger partial charge in [0.15, 0.2) is 0 Å². The first-order chi connectivity index (χ1) is 6.64. The molecule has 1 aliphatic carbocycles. The third-order valence-electron chi connectivity index (χ3n) is 3.45. The van der Waals surface area contributed by atoms with Gasteiger partial charge in [0.2, 0.25) is 0 Å². The van der Waals surface area contributed by atoms with Crippen LogP contribution in [0.25, 0.3) is 0 Å². The van der Waals surface area contributed by atoms with Crippen molar-refractivity contribution >= 4 is 5.97 Å². The van der Waals surface area contributed by atoms with E-state index in [2.05, 4.69) is 20.4 Å². The van der Waals surface area contributed by atoms with Crippen LogP contribution >= 0.6 is 0 Å². The molecule has 0 aromatic heterocycles. The Balaban J connectivity index is 2.72. The van der Waals surface area contributed by atoms with Crippen LogP contribution in [-0.4, -0.2) is 11.6 Å². The van der Waals surface area contributed by atoms with Crippen molar-refractivity contribution in [1.82, 2.24) is 0 Å². The van der Waals surface area contributed by atoms with E-state index in [1.807, 2.05) is 0 Å². The molecule has 2 atom stereocenters. The molecule has 1 aliphatic rings. The lowest BCUT2D eigenvalue weighted by Crippen LogP contribution is -2.42. The van der Waals surface area contributed by atoms with Crippen LogP contribution in [0, 0.1) is 5.92 Å². The van der Waals surface area contributed by atoms with Gasteiger partial charge < -0.3 is 4.74 Å². The molecule has 0 heterocycles. The molecule has 1 fully saturated rings. The van der Waals surface area contributed by atoms with Gasteiger partial charge in [0.25, 0.3) is 0 Å². The Hall–Kier alpha value is -0.790. The van der Waals surface area contributed by atoms with Crippen molar-refractivity contribution in [1.29, 1.82) is 0 Å². The number of carbonyl (C=O) groups excluding carboxylic acids is 1. The molecule has 2 nitrogen and oxygen atoms in total. The van der Waals surface area contributed by atoms with E-state index < -0.39 is 0 Å². The van der Waals surface area contributed by atoms with Crippen molar-refractivity contribution < 1.29 is 9.53 Å². The Morgan fingerprint density at radius 2 is 2.36 bits per heavy atom. The van der Waals surface area contributed by atoms with Crippen LogP contribution < -0.4 is 0 Å². The fourth-order valence-corrected chi connectivity index (χ4v) is 2.38. The lowest BCUT2D eigenvalue weighted by molar-refractivity contribution is -0.164. The highest BCUT2D eigenvalue weighted by Crippen LogP contribution is 2.39. The number of ether oxygens (including phenoxy) is 1. The van der Waals surface area contributed by atoms with E-state index in [4.69, 9.17) is 4.74 Å². The van der Waals surface area contributed by atoms with Gasteiger partial charge in [-0.1, -0.05) is 26.8 Å². The van der Waals surface area contributed by atoms with Crippen LogP contribution in [0.5, 0.6) is 0 Å². The highest BCUT2D eigenvalue weighted by molar-refractivity contribution is 5.81. The first-order valence-electron chi connectivity index (χ1n) is 5.50. The maximum absolute atomic E-state index is 11.2. The van der Waals surface area contributed by atoms with Crippen molar-refractivity contribution in [2.45, 2.75) is 51.6 Å². The molecule has 2 unspecified atom stereocenters. The molecular weight excluding hydrogens is 176 g/mol. The smallest absolute Gasteiger partial charge is 0.330 e. The second-order valence-corrected chi connectivity index (χ2v) is 4.19. The molecule has 0 radical (unpaired) electrons. The second-order valence-electron chi connectivity index (χ2n) is 4.19. The lowest BCUT2D eigenvalue weighted by Gasteiger charge is -2.41. The standard InChI is InChI=1S/C12H20O2/c1-4-11(13)14-12(5-2)9-7-6-8-10(12)3/h4,10H,1,5-9H2,2-3H3. The van der Waals surface area contributed by atoms with Gasteiger partial charge in [-0.3, -0.25) is 0 Å². The molecular formula is C12H20O2. The Bertz CT molecular complexity index is 222. The highest BCUT2D eigenvalue weighted by Gasteiger charge is 2.39. The molecule has 2 heteroatoms.